The second-order valence-electron chi connectivity index (χ2n) is 5.01. The Hall–Kier alpha value is -3.22. The molecular weight excluding hydrogens is 326 g/mol. The van der Waals surface area contributed by atoms with Gasteiger partial charge in [0.05, 0.1) is 12.9 Å². The van der Waals surface area contributed by atoms with Crippen LogP contribution in [-0.2, 0) is 16.1 Å². The third-order valence-corrected chi connectivity index (χ3v) is 3.20. The van der Waals surface area contributed by atoms with Crippen LogP contribution in [0, 0.1) is 0 Å². The van der Waals surface area contributed by atoms with Gasteiger partial charge in [-0.25, -0.2) is 4.79 Å². The number of hydrogen-bond donors (Lipinski definition) is 0. The molecule has 130 valence electrons. The van der Waals surface area contributed by atoms with E-state index in [4.69, 9.17) is 23.2 Å². The number of benzene rings is 1. The van der Waals surface area contributed by atoms with E-state index >= 15 is 0 Å². The van der Waals surface area contributed by atoms with Gasteiger partial charge in [-0.3, -0.25) is 0 Å². The summed E-state index contributed by atoms with van der Waals surface area (Å²) in [5.74, 6) is 1.83. The van der Waals surface area contributed by atoms with Crippen LogP contribution in [0.2, 0.25) is 0 Å². The van der Waals surface area contributed by atoms with Crippen molar-refractivity contribution in [1.29, 1.82) is 0 Å². The Kier molecular flexibility index (Phi) is 5.36. The van der Waals surface area contributed by atoms with Gasteiger partial charge in [0, 0.05) is 6.07 Å². The molecule has 1 aromatic carbocycles. The van der Waals surface area contributed by atoms with Gasteiger partial charge in [0.2, 0.25) is 5.76 Å². The summed E-state index contributed by atoms with van der Waals surface area (Å²) in [4.78, 5) is 11.7. The predicted octanol–water partition coefficient (Wildman–Crippen LogP) is 3.46. The monoisotopic (exact) mass is 343 g/mol. The van der Waals surface area contributed by atoms with E-state index in [0.717, 1.165) is 5.75 Å². The number of rotatable bonds is 8. The number of aromatic nitrogens is 1. The van der Waals surface area contributed by atoms with Crippen molar-refractivity contribution in [2.24, 2.45) is 0 Å². The van der Waals surface area contributed by atoms with Gasteiger partial charge < -0.3 is 23.2 Å². The van der Waals surface area contributed by atoms with E-state index in [1.165, 1.54) is 6.26 Å². The molecule has 7 nitrogen and oxygen atoms in total. The first-order valence-corrected chi connectivity index (χ1v) is 7.75. The Balaban J connectivity index is 1.43. The van der Waals surface area contributed by atoms with E-state index in [9.17, 15) is 4.79 Å². The Morgan fingerprint density at radius 1 is 1.08 bits per heavy atom. The maximum absolute atomic E-state index is 11.7. The lowest BCUT2D eigenvalue weighted by Gasteiger charge is -2.07. The van der Waals surface area contributed by atoms with Gasteiger partial charge in [-0.1, -0.05) is 5.16 Å². The molecule has 0 radical (unpaired) electrons. The lowest BCUT2D eigenvalue weighted by molar-refractivity contribution is -0.147. The van der Waals surface area contributed by atoms with Gasteiger partial charge in [-0.2, -0.15) is 0 Å². The van der Waals surface area contributed by atoms with Crippen LogP contribution in [0.5, 0.6) is 11.5 Å². The molecule has 7 heteroatoms. The van der Waals surface area contributed by atoms with Gasteiger partial charge in [0.25, 0.3) is 0 Å². The Morgan fingerprint density at radius 2 is 1.84 bits per heavy atom. The van der Waals surface area contributed by atoms with E-state index in [0.29, 0.717) is 29.6 Å². The van der Waals surface area contributed by atoms with Crippen LogP contribution in [0.15, 0.2) is 57.7 Å². The van der Waals surface area contributed by atoms with Gasteiger partial charge in [-0.15, -0.1) is 0 Å². The maximum Gasteiger partial charge on any atom is 0.344 e. The molecule has 0 spiro atoms. The molecule has 0 N–H and O–H groups in total. The van der Waals surface area contributed by atoms with E-state index in [-0.39, 0.29) is 13.2 Å². The van der Waals surface area contributed by atoms with Crippen molar-refractivity contribution in [2.45, 2.75) is 13.5 Å². The minimum Gasteiger partial charge on any atom is -0.494 e. The molecular formula is C18H17NO6. The van der Waals surface area contributed by atoms with Crippen molar-refractivity contribution in [3.8, 4) is 23.0 Å². The molecule has 0 saturated carbocycles. The molecule has 3 rings (SSSR count). The highest BCUT2D eigenvalue weighted by Gasteiger charge is 2.11. The first-order chi connectivity index (χ1) is 12.2. The molecule has 3 aromatic rings. The van der Waals surface area contributed by atoms with Crippen LogP contribution in [0.25, 0.3) is 11.5 Å². The minimum absolute atomic E-state index is 0.00429. The summed E-state index contributed by atoms with van der Waals surface area (Å²) < 4.78 is 26.1. The fourth-order valence-electron chi connectivity index (χ4n) is 2.05. The SMILES string of the molecule is CCOc1ccc(OCC(=O)OCc2cc(-c3ccco3)on2)cc1. The van der Waals surface area contributed by atoms with Gasteiger partial charge >= 0.3 is 5.97 Å². The summed E-state index contributed by atoms with van der Waals surface area (Å²) in [5, 5.41) is 3.82. The number of furan rings is 1. The fraction of sp³-hybridized carbons (Fsp3) is 0.222. The number of ether oxygens (including phenoxy) is 3. The number of carbonyl (C=O) groups excluding carboxylic acids is 1. The normalized spacial score (nSPS) is 10.4. The predicted molar refractivity (Wildman–Crippen MR) is 87.1 cm³/mol. The molecule has 0 fully saturated rings. The second-order valence-corrected chi connectivity index (χ2v) is 5.01. The lowest BCUT2D eigenvalue weighted by atomic mass is 10.3. The average molecular weight is 343 g/mol. The summed E-state index contributed by atoms with van der Waals surface area (Å²) in [5.41, 5.74) is 0.487. The molecule has 0 amide bonds. The van der Waals surface area contributed by atoms with Gasteiger partial charge in [-0.05, 0) is 43.3 Å². The molecule has 0 unspecified atom stereocenters. The van der Waals surface area contributed by atoms with Crippen LogP contribution in [0.4, 0.5) is 0 Å². The smallest absolute Gasteiger partial charge is 0.344 e. The number of esters is 1. The van der Waals surface area contributed by atoms with Crippen LogP contribution < -0.4 is 9.47 Å². The molecule has 0 aliphatic carbocycles. The molecule has 0 aliphatic heterocycles. The molecule has 2 heterocycles. The van der Waals surface area contributed by atoms with Crippen LogP contribution in [0.3, 0.4) is 0 Å². The number of hydrogen-bond acceptors (Lipinski definition) is 7. The summed E-state index contributed by atoms with van der Waals surface area (Å²) in [7, 11) is 0. The van der Waals surface area contributed by atoms with Crippen molar-refractivity contribution in [2.75, 3.05) is 13.2 Å². The Bertz CT molecular complexity index is 791. The van der Waals surface area contributed by atoms with E-state index in [1.54, 1.807) is 42.5 Å². The zero-order chi connectivity index (χ0) is 17.5. The Labute approximate surface area is 144 Å². The van der Waals surface area contributed by atoms with Crippen molar-refractivity contribution in [3.63, 3.8) is 0 Å². The summed E-state index contributed by atoms with van der Waals surface area (Å²) in [6, 6.07) is 12.2. The zero-order valence-electron chi connectivity index (χ0n) is 13.6. The molecule has 0 bridgehead atoms. The first kappa shape index (κ1) is 16.6. The third-order valence-electron chi connectivity index (χ3n) is 3.20. The standard InChI is InChI=1S/C18H17NO6/c1-2-21-14-5-7-15(8-6-14)23-12-18(20)24-11-13-10-17(25-19-13)16-4-3-9-22-16/h3-10H,2,11-12H2,1H3. The molecule has 0 aliphatic rings. The van der Waals surface area contributed by atoms with E-state index < -0.39 is 5.97 Å². The molecule has 2 aromatic heterocycles. The fourth-order valence-corrected chi connectivity index (χ4v) is 2.05. The molecule has 0 saturated heterocycles. The summed E-state index contributed by atoms with van der Waals surface area (Å²) in [6.45, 7) is 2.30. The molecule has 25 heavy (non-hydrogen) atoms. The van der Waals surface area contributed by atoms with E-state index in [1.807, 2.05) is 6.92 Å². The maximum atomic E-state index is 11.7. The highest BCUT2D eigenvalue weighted by Crippen LogP contribution is 2.21. The van der Waals surface area contributed by atoms with Gasteiger partial charge in [0.1, 0.15) is 23.8 Å². The average Bonchev–Trinajstić information content (AvgIpc) is 3.31. The summed E-state index contributed by atoms with van der Waals surface area (Å²) in [6.07, 6.45) is 1.54. The van der Waals surface area contributed by atoms with Gasteiger partial charge in [0.15, 0.2) is 12.4 Å². The highest BCUT2D eigenvalue weighted by atomic mass is 16.6. The molecule has 0 atom stereocenters. The number of nitrogens with zero attached hydrogens (tertiary/aromatic N) is 1. The van der Waals surface area contributed by atoms with E-state index in [2.05, 4.69) is 5.16 Å². The van der Waals surface area contributed by atoms with Crippen molar-refractivity contribution in [3.05, 3.63) is 54.4 Å². The topological polar surface area (TPSA) is 83.9 Å². The second kappa shape index (κ2) is 8.05. The first-order valence-electron chi connectivity index (χ1n) is 7.75. The summed E-state index contributed by atoms with van der Waals surface area (Å²) >= 11 is 0. The highest BCUT2D eigenvalue weighted by molar-refractivity contribution is 5.71. The van der Waals surface area contributed by atoms with Crippen LogP contribution in [0.1, 0.15) is 12.6 Å². The third kappa shape index (κ3) is 4.63. The van der Waals surface area contributed by atoms with Crippen molar-refractivity contribution >= 4 is 5.97 Å². The Morgan fingerprint density at radius 3 is 2.52 bits per heavy atom. The quantitative estimate of drug-likeness (QED) is 0.579. The zero-order valence-corrected chi connectivity index (χ0v) is 13.6. The lowest BCUT2D eigenvalue weighted by Crippen LogP contribution is -2.14. The van der Waals surface area contributed by atoms with Crippen LogP contribution in [-0.4, -0.2) is 24.3 Å². The number of carbonyl (C=O) groups is 1. The minimum atomic E-state index is -0.503. The van der Waals surface area contributed by atoms with Crippen molar-refractivity contribution < 1.29 is 27.9 Å². The van der Waals surface area contributed by atoms with Crippen molar-refractivity contribution in [1.82, 2.24) is 5.16 Å². The largest absolute Gasteiger partial charge is 0.494 e. The van der Waals surface area contributed by atoms with Crippen LogP contribution >= 0.6 is 0 Å².